The maximum atomic E-state index is 11.5. The molecule has 0 bridgehead atoms. The number of likely N-dealkylation sites (tertiary alicyclic amines) is 1. The number of allylic oxidation sites excluding steroid dienone is 1. The van der Waals surface area contributed by atoms with Gasteiger partial charge in [0.25, 0.3) is 0 Å². The topological polar surface area (TPSA) is 41.9 Å². The molecular formula is C19H38N2O2. The van der Waals surface area contributed by atoms with Gasteiger partial charge in [0, 0.05) is 31.9 Å². The number of rotatable bonds is 0. The van der Waals surface area contributed by atoms with E-state index in [2.05, 4.69) is 18.8 Å². The van der Waals surface area contributed by atoms with Crippen LogP contribution in [0.4, 0.5) is 4.79 Å². The second-order valence-electron chi connectivity index (χ2n) is 6.19. The average Bonchev–Trinajstić information content (AvgIpc) is 3.09. The summed E-state index contributed by atoms with van der Waals surface area (Å²) in [5, 5.41) is 0. The Hall–Kier alpha value is -1.32. The number of carbonyl (C=O) groups is 1. The third kappa shape index (κ3) is 16.9. The van der Waals surface area contributed by atoms with E-state index in [9.17, 15) is 4.79 Å². The van der Waals surface area contributed by atoms with Gasteiger partial charge in [-0.1, -0.05) is 40.2 Å². The van der Waals surface area contributed by atoms with Gasteiger partial charge < -0.3 is 9.64 Å². The highest BCUT2D eigenvalue weighted by Gasteiger charge is 2.22. The largest absolute Gasteiger partial charge is 0.444 e. The monoisotopic (exact) mass is 326 g/mol. The van der Waals surface area contributed by atoms with Gasteiger partial charge in [0.15, 0.2) is 0 Å². The molecular weight excluding hydrogens is 288 g/mol. The molecule has 0 aromatic carbocycles. The number of carbonyl (C=O) groups excluding carboxylic acids is 1. The molecule has 1 saturated heterocycles. The summed E-state index contributed by atoms with van der Waals surface area (Å²) < 4.78 is 5.26. The summed E-state index contributed by atoms with van der Waals surface area (Å²) in [5.74, 6) is 0. The molecule has 136 valence electrons. The van der Waals surface area contributed by atoms with E-state index in [1.165, 1.54) is 12.8 Å². The van der Waals surface area contributed by atoms with E-state index >= 15 is 0 Å². The molecule has 0 atom stereocenters. The summed E-state index contributed by atoms with van der Waals surface area (Å²) in [4.78, 5) is 17.1. The lowest BCUT2D eigenvalue weighted by Gasteiger charge is -2.29. The smallest absolute Gasteiger partial charge is 0.410 e. The van der Waals surface area contributed by atoms with Crippen molar-refractivity contribution in [3.05, 3.63) is 12.3 Å². The summed E-state index contributed by atoms with van der Waals surface area (Å²) in [6.07, 6.45) is 11.3. The first kappa shape index (κ1) is 23.9. The molecule has 0 spiro atoms. The SMILES string of the molecule is C1=CN=CC1.CC.CC(C)(C)OC(=O)N1CCCCC1.CCC. The lowest BCUT2D eigenvalue weighted by Crippen LogP contribution is -2.39. The first-order valence-corrected chi connectivity index (χ1v) is 9.05. The van der Waals surface area contributed by atoms with Gasteiger partial charge in [-0.25, -0.2) is 4.79 Å². The molecule has 23 heavy (non-hydrogen) atoms. The predicted molar refractivity (Wildman–Crippen MR) is 101 cm³/mol. The molecule has 2 aliphatic heterocycles. The van der Waals surface area contributed by atoms with Gasteiger partial charge in [-0.2, -0.15) is 0 Å². The van der Waals surface area contributed by atoms with Crippen molar-refractivity contribution >= 4 is 12.3 Å². The molecule has 0 aliphatic carbocycles. The fourth-order valence-corrected chi connectivity index (χ4v) is 1.71. The molecule has 4 nitrogen and oxygen atoms in total. The van der Waals surface area contributed by atoms with E-state index in [-0.39, 0.29) is 11.7 Å². The van der Waals surface area contributed by atoms with Crippen molar-refractivity contribution in [2.24, 2.45) is 4.99 Å². The number of ether oxygens (including phenoxy) is 1. The van der Waals surface area contributed by atoms with Crippen LogP contribution in [-0.2, 0) is 4.74 Å². The van der Waals surface area contributed by atoms with E-state index < -0.39 is 0 Å². The average molecular weight is 327 g/mol. The van der Waals surface area contributed by atoms with Crippen molar-refractivity contribution < 1.29 is 9.53 Å². The van der Waals surface area contributed by atoms with Crippen LogP contribution in [0.15, 0.2) is 17.3 Å². The standard InChI is InChI=1S/C10H19NO2.C4H5N.C3H8.C2H6/c1-10(2,3)13-9(12)11-7-5-4-6-8-11;1-2-4-5-3-1;1-3-2;1-2/h4-8H2,1-3H3;1,3-4H,2H2;3H2,1-2H3;1-2H3. The number of hydrogen-bond acceptors (Lipinski definition) is 3. The van der Waals surface area contributed by atoms with Crippen LogP contribution in [-0.4, -0.2) is 35.9 Å². The molecule has 1 fully saturated rings. The summed E-state index contributed by atoms with van der Waals surface area (Å²) >= 11 is 0. The number of aliphatic imine (C=N–C) groups is 1. The Morgan fingerprint density at radius 1 is 1.13 bits per heavy atom. The van der Waals surface area contributed by atoms with E-state index in [0.29, 0.717) is 0 Å². The summed E-state index contributed by atoms with van der Waals surface area (Å²) in [7, 11) is 0. The van der Waals surface area contributed by atoms with Crippen LogP contribution < -0.4 is 0 Å². The minimum absolute atomic E-state index is 0.160. The predicted octanol–water partition coefficient (Wildman–Crippen LogP) is 5.82. The number of nitrogens with zero attached hydrogens (tertiary/aromatic N) is 2. The van der Waals surface area contributed by atoms with Crippen LogP contribution in [0.1, 0.15) is 80.6 Å². The highest BCUT2D eigenvalue weighted by atomic mass is 16.6. The quantitative estimate of drug-likeness (QED) is 0.562. The van der Waals surface area contributed by atoms with E-state index in [1.54, 1.807) is 11.1 Å². The summed E-state index contributed by atoms with van der Waals surface area (Å²) in [6.45, 7) is 15.7. The van der Waals surface area contributed by atoms with Gasteiger partial charge in [0.2, 0.25) is 0 Å². The molecule has 0 saturated carbocycles. The molecule has 4 heteroatoms. The van der Waals surface area contributed by atoms with Gasteiger partial charge in [-0.3, -0.25) is 4.99 Å². The lowest BCUT2D eigenvalue weighted by molar-refractivity contribution is 0.0216. The molecule has 0 unspecified atom stereocenters. The van der Waals surface area contributed by atoms with Crippen LogP contribution in [0.25, 0.3) is 0 Å². The van der Waals surface area contributed by atoms with Crippen molar-refractivity contribution in [2.45, 2.75) is 86.2 Å². The Labute approximate surface area is 144 Å². The van der Waals surface area contributed by atoms with Crippen molar-refractivity contribution in [1.82, 2.24) is 4.90 Å². The van der Waals surface area contributed by atoms with Gasteiger partial charge in [-0.05, 0) is 40.0 Å². The molecule has 2 rings (SSSR count). The highest BCUT2D eigenvalue weighted by molar-refractivity contribution is 5.68. The Bertz CT molecular complexity index is 315. The molecule has 2 aliphatic rings. The third-order valence-corrected chi connectivity index (χ3v) is 2.55. The second-order valence-corrected chi connectivity index (χ2v) is 6.19. The van der Waals surface area contributed by atoms with Gasteiger partial charge >= 0.3 is 6.09 Å². The zero-order valence-electron chi connectivity index (χ0n) is 16.4. The summed E-state index contributed by atoms with van der Waals surface area (Å²) in [5.41, 5.74) is -0.367. The zero-order valence-corrected chi connectivity index (χ0v) is 16.4. The van der Waals surface area contributed by atoms with Crippen LogP contribution in [0.2, 0.25) is 0 Å². The molecule has 1 amide bonds. The maximum absolute atomic E-state index is 11.5. The molecule has 0 radical (unpaired) electrons. The third-order valence-electron chi connectivity index (χ3n) is 2.55. The Kier molecular flexibility index (Phi) is 16.2. The van der Waals surface area contributed by atoms with Crippen molar-refractivity contribution in [3.8, 4) is 0 Å². The van der Waals surface area contributed by atoms with Gasteiger partial charge in [0.05, 0.1) is 0 Å². The minimum Gasteiger partial charge on any atom is -0.444 e. The fraction of sp³-hybridized carbons (Fsp3) is 0.789. The Balaban J connectivity index is 0. The van der Waals surface area contributed by atoms with Gasteiger partial charge in [-0.15, -0.1) is 0 Å². The van der Waals surface area contributed by atoms with Crippen LogP contribution in [0.5, 0.6) is 0 Å². The molecule has 0 aromatic heterocycles. The Morgan fingerprint density at radius 3 is 1.96 bits per heavy atom. The van der Waals surface area contributed by atoms with E-state index in [0.717, 1.165) is 32.4 Å². The molecule has 0 aromatic rings. The molecule has 2 heterocycles. The normalized spacial score (nSPS) is 15.3. The number of piperidine rings is 1. The lowest BCUT2D eigenvalue weighted by atomic mass is 10.1. The van der Waals surface area contributed by atoms with E-state index in [4.69, 9.17) is 4.74 Å². The fourth-order valence-electron chi connectivity index (χ4n) is 1.71. The maximum Gasteiger partial charge on any atom is 0.410 e. The van der Waals surface area contributed by atoms with Crippen molar-refractivity contribution in [3.63, 3.8) is 0 Å². The molecule has 0 N–H and O–H groups in total. The Morgan fingerprint density at radius 2 is 1.65 bits per heavy atom. The number of hydrogen-bond donors (Lipinski definition) is 0. The second kappa shape index (κ2) is 15.6. The summed E-state index contributed by atoms with van der Waals surface area (Å²) in [6, 6.07) is 0. The number of amides is 1. The van der Waals surface area contributed by atoms with Crippen molar-refractivity contribution in [2.75, 3.05) is 13.1 Å². The zero-order chi connectivity index (χ0) is 18.1. The van der Waals surface area contributed by atoms with Gasteiger partial charge in [0.1, 0.15) is 5.60 Å². The van der Waals surface area contributed by atoms with Crippen LogP contribution >= 0.6 is 0 Å². The first-order chi connectivity index (χ1) is 10.9. The van der Waals surface area contributed by atoms with E-state index in [1.807, 2.05) is 46.9 Å². The highest BCUT2D eigenvalue weighted by Crippen LogP contribution is 2.14. The first-order valence-electron chi connectivity index (χ1n) is 9.05. The van der Waals surface area contributed by atoms with Crippen molar-refractivity contribution in [1.29, 1.82) is 0 Å². The van der Waals surface area contributed by atoms with Crippen LogP contribution in [0.3, 0.4) is 0 Å². The minimum atomic E-state index is -0.367. The van der Waals surface area contributed by atoms with Crippen LogP contribution in [0, 0.1) is 0 Å².